The van der Waals surface area contributed by atoms with E-state index in [1.165, 1.54) is 16.6 Å². The third-order valence-corrected chi connectivity index (χ3v) is 6.79. The molecule has 0 aliphatic heterocycles. The number of para-hydroxylation sites is 1. The number of aryl methyl sites for hydroxylation is 3. The minimum Gasteiger partial charge on any atom is -0.465 e. The van der Waals surface area contributed by atoms with Gasteiger partial charge in [-0.1, -0.05) is 30.0 Å². The topological polar surface area (TPSA) is 61.2 Å². The molecule has 0 amide bonds. The molecular weight excluding hydrogens is 380 g/mol. The second kappa shape index (κ2) is 7.48. The van der Waals surface area contributed by atoms with Crippen LogP contribution < -0.4 is 5.56 Å². The van der Waals surface area contributed by atoms with E-state index in [0.29, 0.717) is 11.8 Å². The molecule has 2 aromatic heterocycles. The molecule has 7 heteroatoms. The highest BCUT2D eigenvalue weighted by Gasteiger charge is 2.24. The molecule has 0 radical (unpaired) electrons. The van der Waals surface area contributed by atoms with E-state index in [9.17, 15) is 9.59 Å². The number of fused-ring (bicyclic) bond motifs is 3. The summed E-state index contributed by atoms with van der Waals surface area (Å²) in [7, 11) is 0. The number of thioether (sulfide) groups is 1. The van der Waals surface area contributed by atoms with Gasteiger partial charge in [0.25, 0.3) is 5.56 Å². The van der Waals surface area contributed by atoms with Crippen LogP contribution in [0.1, 0.15) is 29.3 Å². The monoisotopic (exact) mass is 400 g/mol. The lowest BCUT2D eigenvalue weighted by molar-refractivity contribution is -0.139. The third kappa shape index (κ3) is 3.30. The first-order chi connectivity index (χ1) is 13.1. The van der Waals surface area contributed by atoms with Gasteiger partial charge in [0.2, 0.25) is 0 Å². The fourth-order valence-corrected chi connectivity index (χ4v) is 5.58. The number of aromatic nitrogens is 2. The lowest BCUT2D eigenvalue weighted by atomic mass is 10.2. The molecule has 0 atom stereocenters. The van der Waals surface area contributed by atoms with Crippen molar-refractivity contribution in [3.63, 3.8) is 0 Å². The summed E-state index contributed by atoms with van der Waals surface area (Å²) in [6.07, 6.45) is 3.06. The lowest BCUT2D eigenvalue weighted by Gasteiger charge is -2.14. The number of nitrogens with zero attached hydrogens (tertiary/aromatic N) is 2. The van der Waals surface area contributed by atoms with Crippen molar-refractivity contribution in [2.45, 2.75) is 38.3 Å². The van der Waals surface area contributed by atoms with Crippen molar-refractivity contribution in [3.05, 3.63) is 50.6 Å². The van der Waals surface area contributed by atoms with Crippen LogP contribution in [-0.2, 0) is 22.4 Å². The minimum atomic E-state index is -0.304. The van der Waals surface area contributed by atoms with E-state index < -0.39 is 0 Å². The van der Waals surface area contributed by atoms with Crippen molar-refractivity contribution in [2.24, 2.45) is 0 Å². The van der Waals surface area contributed by atoms with Gasteiger partial charge in [0, 0.05) is 4.88 Å². The van der Waals surface area contributed by atoms with Crippen LogP contribution in [0, 0.1) is 6.92 Å². The first kappa shape index (κ1) is 18.3. The molecule has 1 aliphatic carbocycles. The van der Waals surface area contributed by atoms with Gasteiger partial charge >= 0.3 is 5.97 Å². The van der Waals surface area contributed by atoms with E-state index in [0.717, 1.165) is 46.3 Å². The number of carbonyl (C=O) groups excluding carboxylic acids is 1. The summed E-state index contributed by atoms with van der Waals surface area (Å²) in [5.41, 5.74) is 2.92. The standard InChI is InChI=1S/C20H20N2O3S2/c1-3-25-16(23)11-26-20-21-18-17(13-8-6-10-15(13)27-18)19(24)22(20)14-9-5-4-7-12(14)2/h4-5,7,9H,3,6,8,10-11H2,1-2H3. The summed E-state index contributed by atoms with van der Waals surface area (Å²) in [5, 5.41) is 1.28. The number of hydrogen-bond acceptors (Lipinski definition) is 6. The Morgan fingerprint density at radius 3 is 2.93 bits per heavy atom. The summed E-state index contributed by atoms with van der Waals surface area (Å²) < 4.78 is 6.69. The largest absolute Gasteiger partial charge is 0.465 e. The van der Waals surface area contributed by atoms with E-state index in [-0.39, 0.29) is 17.3 Å². The maximum Gasteiger partial charge on any atom is 0.316 e. The molecule has 27 heavy (non-hydrogen) atoms. The van der Waals surface area contributed by atoms with Gasteiger partial charge in [0.1, 0.15) is 4.83 Å². The molecule has 0 spiro atoms. The Balaban J connectivity index is 1.90. The molecule has 0 unspecified atom stereocenters. The van der Waals surface area contributed by atoms with E-state index >= 15 is 0 Å². The van der Waals surface area contributed by atoms with Crippen LogP contribution in [0.5, 0.6) is 0 Å². The first-order valence-corrected chi connectivity index (χ1v) is 10.8. The molecular formula is C20H20N2O3S2. The highest BCUT2D eigenvalue weighted by atomic mass is 32.2. The van der Waals surface area contributed by atoms with Crippen LogP contribution in [0.4, 0.5) is 0 Å². The van der Waals surface area contributed by atoms with Crippen LogP contribution in [0.3, 0.4) is 0 Å². The van der Waals surface area contributed by atoms with Gasteiger partial charge in [-0.25, -0.2) is 4.98 Å². The van der Waals surface area contributed by atoms with Crippen LogP contribution in [0.25, 0.3) is 15.9 Å². The van der Waals surface area contributed by atoms with Gasteiger partial charge in [-0.05, 0) is 50.3 Å². The zero-order chi connectivity index (χ0) is 19.0. The first-order valence-electron chi connectivity index (χ1n) is 9.02. The molecule has 0 saturated heterocycles. The zero-order valence-corrected chi connectivity index (χ0v) is 16.9. The molecule has 1 aromatic carbocycles. The number of esters is 1. The summed E-state index contributed by atoms with van der Waals surface area (Å²) in [5.74, 6) is -0.176. The van der Waals surface area contributed by atoms with Gasteiger partial charge in [-0.2, -0.15) is 0 Å². The molecule has 140 valence electrons. The van der Waals surface area contributed by atoms with Crippen molar-refractivity contribution in [1.82, 2.24) is 9.55 Å². The third-order valence-electron chi connectivity index (χ3n) is 4.69. The molecule has 0 bridgehead atoms. The van der Waals surface area contributed by atoms with Crippen molar-refractivity contribution in [1.29, 1.82) is 0 Å². The fraction of sp³-hybridized carbons (Fsp3) is 0.350. The maximum atomic E-state index is 13.5. The second-order valence-corrected chi connectivity index (χ2v) is 8.48. The van der Waals surface area contributed by atoms with Gasteiger partial charge < -0.3 is 4.74 Å². The Morgan fingerprint density at radius 1 is 1.33 bits per heavy atom. The quantitative estimate of drug-likeness (QED) is 0.369. The number of benzene rings is 1. The summed E-state index contributed by atoms with van der Waals surface area (Å²) in [6, 6.07) is 7.76. The average molecular weight is 401 g/mol. The van der Waals surface area contributed by atoms with Crippen molar-refractivity contribution < 1.29 is 9.53 Å². The molecule has 1 aliphatic rings. The van der Waals surface area contributed by atoms with Gasteiger partial charge in [-0.3, -0.25) is 14.2 Å². The Labute approximate surface area is 165 Å². The SMILES string of the molecule is CCOC(=O)CSc1nc2sc3c(c2c(=O)n1-c1ccccc1C)CCC3. The lowest BCUT2D eigenvalue weighted by Crippen LogP contribution is -2.23. The smallest absolute Gasteiger partial charge is 0.316 e. The maximum absolute atomic E-state index is 13.5. The zero-order valence-electron chi connectivity index (χ0n) is 15.3. The van der Waals surface area contributed by atoms with Gasteiger partial charge in [0.15, 0.2) is 5.16 Å². The minimum absolute atomic E-state index is 0.0416. The van der Waals surface area contributed by atoms with E-state index in [4.69, 9.17) is 9.72 Å². The van der Waals surface area contributed by atoms with Gasteiger partial charge in [0.05, 0.1) is 23.4 Å². The molecule has 2 heterocycles. The summed E-state index contributed by atoms with van der Waals surface area (Å²) in [6.45, 7) is 4.10. The number of ether oxygens (including phenoxy) is 1. The van der Waals surface area contributed by atoms with E-state index in [1.54, 1.807) is 22.8 Å². The second-order valence-electron chi connectivity index (χ2n) is 6.45. The highest BCUT2D eigenvalue weighted by molar-refractivity contribution is 7.99. The van der Waals surface area contributed by atoms with Crippen LogP contribution in [-0.4, -0.2) is 27.9 Å². The predicted octanol–water partition coefficient (Wildman–Crippen LogP) is 3.90. The van der Waals surface area contributed by atoms with Crippen LogP contribution in [0.2, 0.25) is 0 Å². The molecule has 5 nitrogen and oxygen atoms in total. The van der Waals surface area contributed by atoms with Crippen LogP contribution >= 0.6 is 23.1 Å². The van der Waals surface area contributed by atoms with Crippen LogP contribution in [0.15, 0.2) is 34.2 Å². The normalized spacial score (nSPS) is 13.1. The number of thiophene rings is 1. The Hall–Kier alpha value is -2.12. The van der Waals surface area contributed by atoms with Crippen molar-refractivity contribution in [2.75, 3.05) is 12.4 Å². The Bertz CT molecular complexity index is 1080. The fourth-order valence-electron chi connectivity index (χ4n) is 3.47. The van der Waals surface area contributed by atoms with Crippen molar-refractivity contribution in [3.8, 4) is 5.69 Å². The number of hydrogen-bond donors (Lipinski definition) is 0. The highest BCUT2D eigenvalue weighted by Crippen LogP contribution is 2.36. The summed E-state index contributed by atoms with van der Waals surface area (Å²) >= 11 is 2.87. The average Bonchev–Trinajstić information content (AvgIpc) is 3.22. The number of carbonyl (C=O) groups is 1. The van der Waals surface area contributed by atoms with Gasteiger partial charge in [-0.15, -0.1) is 11.3 Å². The van der Waals surface area contributed by atoms with E-state index in [2.05, 4.69) is 0 Å². The molecule has 0 N–H and O–H groups in total. The molecule has 0 saturated carbocycles. The summed E-state index contributed by atoms with van der Waals surface area (Å²) in [4.78, 5) is 32.2. The Morgan fingerprint density at radius 2 is 2.15 bits per heavy atom. The Kier molecular flexibility index (Phi) is 5.06. The predicted molar refractivity (Wildman–Crippen MR) is 109 cm³/mol. The molecule has 4 rings (SSSR count). The molecule has 3 aromatic rings. The van der Waals surface area contributed by atoms with Crippen molar-refractivity contribution >= 4 is 39.3 Å². The molecule has 0 fully saturated rings. The van der Waals surface area contributed by atoms with E-state index in [1.807, 2.05) is 31.2 Å². The number of rotatable bonds is 5.